The zero-order chi connectivity index (χ0) is 15.7. The van der Waals surface area contributed by atoms with Crippen LogP contribution >= 0.6 is 23.2 Å². The van der Waals surface area contributed by atoms with E-state index in [-0.39, 0.29) is 12.3 Å². The number of aryl methyl sites for hydroxylation is 1. The third-order valence-electron chi connectivity index (χ3n) is 3.57. The van der Waals surface area contributed by atoms with Gasteiger partial charge in [-0.05, 0) is 24.3 Å². The van der Waals surface area contributed by atoms with Crippen molar-refractivity contribution in [2.75, 3.05) is 11.9 Å². The van der Waals surface area contributed by atoms with Crippen molar-refractivity contribution in [3.63, 3.8) is 0 Å². The summed E-state index contributed by atoms with van der Waals surface area (Å²) in [6.07, 6.45) is 1.86. The Morgan fingerprint density at radius 1 is 1.14 bits per heavy atom. The second kappa shape index (κ2) is 6.03. The highest BCUT2D eigenvalue weighted by Crippen LogP contribution is 2.25. The maximum absolute atomic E-state index is 12.5. The number of nitrogens with zero attached hydrogens (tertiary/aromatic N) is 1. The van der Waals surface area contributed by atoms with Gasteiger partial charge in [0.05, 0.1) is 16.6 Å². The highest BCUT2D eigenvalue weighted by Gasteiger charge is 2.13. The van der Waals surface area contributed by atoms with E-state index >= 15 is 0 Å². The number of para-hydroxylation sites is 1. The van der Waals surface area contributed by atoms with Gasteiger partial charge in [0.25, 0.3) is 0 Å². The topological polar surface area (TPSA) is 34.0 Å². The summed E-state index contributed by atoms with van der Waals surface area (Å²) in [7, 11) is 1.94. The molecule has 0 radical (unpaired) electrons. The third kappa shape index (κ3) is 2.82. The molecule has 3 rings (SSSR count). The predicted molar refractivity (Wildman–Crippen MR) is 92.2 cm³/mol. The molecular weight excluding hydrogens is 319 g/mol. The summed E-state index contributed by atoms with van der Waals surface area (Å²) in [6.45, 7) is 0.200. The number of nitrogens with one attached hydrogen (secondary N) is 1. The second-order valence-corrected chi connectivity index (χ2v) is 5.89. The smallest absolute Gasteiger partial charge is 0.184 e. The van der Waals surface area contributed by atoms with Gasteiger partial charge in [-0.25, -0.2) is 0 Å². The molecule has 0 bridgehead atoms. The summed E-state index contributed by atoms with van der Waals surface area (Å²) in [5.74, 6) is 0.0304. The Morgan fingerprint density at radius 2 is 1.91 bits per heavy atom. The van der Waals surface area contributed by atoms with Gasteiger partial charge in [0.15, 0.2) is 5.78 Å². The molecule has 1 aromatic heterocycles. The maximum Gasteiger partial charge on any atom is 0.184 e. The van der Waals surface area contributed by atoms with Crippen LogP contribution < -0.4 is 5.32 Å². The Bertz CT molecular complexity index is 855. The molecule has 0 spiro atoms. The summed E-state index contributed by atoms with van der Waals surface area (Å²) in [4.78, 5) is 12.5. The average Bonchev–Trinajstić information content (AvgIpc) is 2.86. The Morgan fingerprint density at radius 3 is 2.68 bits per heavy atom. The molecule has 0 aliphatic carbocycles. The first kappa shape index (κ1) is 14.9. The lowest BCUT2D eigenvalue weighted by Gasteiger charge is -2.06. The maximum atomic E-state index is 12.5. The minimum absolute atomic E-state index is 0.0304. The van der Waals surface area contributed by atoms with Crippen LogP contribution in [0.5, 0.6) is 0 Å². The highest BCUT2D eigenvalue weighted by molar-refractivity contribution is 6.42. The van der Waals surface area contributed by atoms with E-state index in [1.54, 1.807) is 18.2 Å². The SMILES string of the molecule is Cn1cc(C(=O)CNc2ccc(Cl)c(Cl)c2)c2ccccc21. The summed E-state index contributed by atoms with van der Waals surface area (Å²) in [6, 6.07) is 13.1. The fourth-order valence-electron chi connectivity index (χ4n) is 2.45. The van der Waals surface area contributed by atoms with Crippen LogP contribution in [0.3, 0.4) is 0 Å². The molecule has 0 fully saturated rings. The zero-order valence-electron chi connectivity index (χ0n) is 11.9. The van der Waals surface area contributed by atoms with Gasteiger partial charge in [0.1, 0.15) is 0 Å². The van der Waals surface area contributed by atoms with Crippen molar-refractivity contribution < 1.29 is 4.79 Å². The molecule has 5 heteroatoms. The molecule has 0 atom stereocenters. The van der Waals surface area contributed by atoms with Crippen molar-refractivity contribution in [3.05, 3.63) is 64.3 Å². The van der Waals surface area contributed by atoms with Gasteiger partial charge in [-0.15, -0.1) is 0 Å². The normalized spacial score (nSPS) is 10.9. The van der Waals surface area contributed by atoms with Crippen molar-refractivity contribution >= 4 is 45.6 Å². The number of hydrogen-bond donors (Lipinski definition) is 1. The largest absolute Gasteiger partial charge is 0.378 e. The molecule has 1 heterocycles. The van der Waals surface area contributed by atoms with Crippen molar-refractivity contribution in [2.45, 2.75) is 0 Å². The van der Waals surface area contributed by atoms with Crippen LogP contribution in [0.1, 0.15) is 10.4 Å². The van der Waals surface area contributed by atoms with Crippen LogP contribution in [0.4, 0.5) is 5.69 Å². The molecule has 0 saturated heterocycles. The number of ketones is 1. The molecule has 0 unspecified atom stereocenters. The first-order valence-electron chi connectivity index (χ1n) is 6.82. The van der Waals surface area contributed by atoms with E-state index in [0.717, 1.165) is 16.6 Å². The Kier molecular flexibility index (Phi) is 4.10. The van der Waals surface area contributed by atoms with Gasteiger partial charge in [-0.2, -0.15) is 0 Å². The van der Waals surface area contributed by atoms with E-state index < -0.39 is 0 Å². The van der Waals surface area contributed by atoms with E-state index in [4.69, 9.17) is 23.2 Å². The standard InChI is InChI=1S/C17H14Cl2N2O/c1-21-10-13(12-4-2-3-5-16(12)21)17(22)9-20-11-6-7-14(18)15(19)8-11/h2-8,10,20H,9H2,1H3. The lowest BCUT2D eigenvalue weighted by atomic mass is 10.1. The average molecular weight is 333 g/mol. The quantitative estimate of drug-likeness (QED) is 0.697. The fourth-order valence-corrected chi connectivity index (χ4v) is 2.75. The van der Waals surface area contributed by atoms with E-state index in [0.29, 0.717) is 15.6 Å². The van der Waals surface area contributed by atoms with Crippen LogP contribution in [-0.2, 0) is 7.05 Å². The molecular formula is C17H14Cl2N2O. The summed E-state index contributed by atoms with van der Waals surface area (Å²) in [5, 5.41) is 5.00. The number of rotatable bonds is 4. The van der Waals surface area contributed by atoms with E-state index in [1.807, 2.05) is 42.1 Å². The summed E-state index contributed by atoms with van der Waals surface area (Å²) < 4.78 is 1.96. The van der Waals surface area contributed by atoms with E-state index in [2.05, 4.69) is 5.32 Å². The molecule has 2 aromatic carbocycles. The number of Topliss-reactive ketones (excluding diaryl/α,β-unsaturated/α-hetero) is 1. The van der Waals surface area contributed by atoms with E-state index in [9.17, 15) is 4.79 Å². The molecule has 1 N–H and O–H groups in total. The first-order valence-corrected chi connectivity index (χ1v) is 7.58. The number of anilines is 1. The van der Waals surface area contributed by atoms with Crippen LogP contribution in [-0.4, -0.2) is 16.9 Å². The van der Waals surface area contributed by atoms with Crippen molar-refractivity contribution in [1.82, 2.24) is 4.57 Å². The van der Waals surface area contributed by atoms with Crippen molar-refractivity contribution in [3.8, 4) is 0 Å². The number of benzene rings is 2. The predicted octanol–water partition coefficient (Wildman–Crippen LogP) is 4.78. The number of hydrogen-bond acceptors (Lipinski definition) is 2. The van der Waals surface area contributed by atoms with Gasteiger partial charge in [-0.3, -0.25) is 4.79 Å². The molecule has 112 valence electrons. The Balaban J connectivity index is 1.80. The molecule has 0 amide bonds. The Labute approximate surface area is 138 Å². The number of halogens is 2. The summed E-state index contributed by atoms with van der Waals surface area (Å²) in [5.41, 5.74) is 2.52. The van der Waals surface area contributed by atoms with E-state index in [1.165, 1.54) is 0 Å². The Hall–Kier alpha value is -1.97. The van der Waals surface area contributed by atoms with Crippen molar-refractivity contribution in [1.29, 1.82) is 0 Å². The van der Waals surface area contributed by atoms with Crippen molar-refractivity contribution in [2.24, 2.45) is 7.05 Å². The zero-order valence-corrected chi connectivity index (χ0v) is 13.4. The van der Waals surface area contributed by atoms with Crippen LogP contribution in [0, 0.1) is 0 Å². The van der Waals surface area contributed by atoms with Gasteiger partial charge >= 0.3 is 0 Å². The molecule has 0 aliphatic heterocycles. The van der Waals surface area contributed by atoms with Gasteiger partial charge < -0.3 is 9.88 Å². The number of fused-ring (bicyclic) bond motifs is 1. The highest BCUT2D eigenvalue weighted by atomic mass is 35.5. The first-order chi connectivity index (χ1) is 10.6. The van der Waals surface area contributed by atoms with Gasteiger partial charge in [-0.1, -0.05) is 41.4 Å². The lowest BCUT2D eigenvalue weighted by Crippen LogP contribution is -2.13. The van der Waals surface area contributed by atoms with Crippen LogP contribution in [0.25, 0.3) is 10.9 Å². The van der Waals surface area contributed by atoms with Crippen LogP contribution in [0.2, 0.25) is 10.0 Å². The summed E-state index contributed by atoms with van der Waals surface area (Å²) >= 11 is 11.8. The molecule has 0 saturated carbocycles. The fraction of sp³-hybridized carbons (Fsp3) is 0.118. The van der Waals surface area contributed by atoms with Gasteiger partial charge in [0, 0.05) is 35.4 Å². The second-order valence-electron chi connectivity index (χ2n) is 5.08. The number of carbonyl (C=O) groups excluding carboxylic acids is 1. The molecule has 22 heavy (non-hydrogen) atoms. The monoisotopic (exact) mass is 332 g/mol. The minimum atomic E-state index is 0.0304. The van der Waals surface area contributed by atoms with Gasteiger partial charge in [0.2, 0.25) is 0 Å². The number of carbonyl (C=O) groups is 1. The molecule has 3 aromatic rings. The lowest BCUT2D eigenvalue weighted by molar-refractivity contribution is 0.101. The number of aromatic nitrogens is 1. The third-order valence-corrected chi connectivity index (χ3v) is 4.31. The molecule has 0 aliphatic rings. The minimum Gasteiger partial charge on any atom is -0.378 e. The van der Waals surface area contributed by atoms with Crippen LogP contribution in [0.15, 0.2) is 48.7 Å². The molecule has 3 nitrogen and oxygen atoms in total.